The van der Waals surface area contributed by atoms with Crippen LogP contribution in [0, 0.1) is 5.82 Å². The molecule has 1 saturated heterocycles. The Morgan fingerprint density at radius 1 is 1.15 bits per heavy atom. The molecule has 1 aliphatic heterocycles. The van der Waals surface area contributed by atoms with Crippen molar-refractivity contribution in [3.63, 3.8) is 0 Å². The van der Waals surface area contributed by atoms with Crippen molar-refractivity contribution in [3.8, 4) is 5.75 Å². The van der Waals surface area contributed by atoms with Crippen LogP contribution in [0.25, 0.3) is 5.57 Å². The zero-order chi connectivity index (χ0) is 19.5. The Morgan fingerprint density at radius 3 is 2.27 bits per heavy atom. The zero-order valence-corrected chi connectivity index (χ0v) is 16.3. The van der Waals surface area contributed by atoms with E-state index in [1.54, 1.807) is 6.07 Å². The van der Waals surface area contributed by atoms with Crippen molar-refractivity contribution in [3.05, 3.63) is 35.3 Å². The SMILES string of the molecule is CCOCCC(=C(F)B1OC(C)(C)C(C)(C)O1)c1ccc(OC)c(F)c1. The molecule has 0 aliphatic carbocycles. The van der Waals surface area contributed by atoms with Gasteiger partial charge in [-0.25, -0.2) is 8.78 Å². The predicted molar refractivity (Wildman–Crippen MR) is 98.2 cm³/mol. The van der Waals surface area contributed by atoms with Crippen LogP contribution in [0.15, 0.2) is 23.9 Å². The fraction of sp³-hybridized carbons (Fsp3) is 0.579. The van der Waals surface area contributed by atoms with E-state index in [0.29, 0.717) is 24.4 Å². The Morgan fingerprint density at radius 2 is 1.77 bits per heavy atom. The summed E-state index contributed by atoms with van der Waals surface area (Å²) in [6.07, 6.45) is 0.273. The lowest BCUT2D eigenvalue weighted by atomic mass is 9.82. The van der Waals surface area contributed by atoms with Gasteiger partial charge in [-0.15, -0.1) is 0 Å². The van der Waals surface area contributed by atoms with Gasteiger partial charge < -0.3 is 18.8 Å². The number of benzene rings is 1. The summed E-state index contributed by atoms with van der Waals surface area (Å²) in [6.45, 7) is 10.1. The van der Waals surface area contributed by atoms with Crippen molar-refractivity contribution in [1.29, 1.82) is 0 Å². The molecule has 2 rings (SSSR count). The van der Waals surface area contributed by atoms with E-state index >= 15 is 4.39 Å². The molecule has 0 spiro atoms. The number of methoxy groups -OCH3 is 1. The topological polar surface area (TPSA) is 36.9 Å². The second-order valence-electron chi connectivity index (χ2n) is 7.21. The Bertz CT molecular complexity index is 658. The highest BCUT2D eigenvalue weighted by Crippen LogP contribution is 2.41. The van der Waals surface area contributed by atoms with Gasteiger partial charge in [0.05, 0.1) is 24.9 Å². The van der Waals surface area contributed by atoms with Crippen LogP contribution in [0.3, 0.4) is 0 Å². The van der Waals surface area contributed by atoms with Crippen LogP contribution in [0.4, 0.5) is 8.78 Å². The number of hydrogen-bond donors (Lipinski definition) is 0. The summed E-state index contributed by atoms with van der Waals surface area (Å²) >= 11 is 0. The Hall–Kier alpha value is -1.44. The number of halogens is 2. The lowest BCUT2D eigenvalue weighted by molar-refractivity contribution is 0.00578. The lowest BCUT2D eigenvalue weighted by Gasteiger charge is -2.32. The quantitative estimate of drug-likeness (QED) is 0.522. The molecular weight excluding hydrogens is 341 g/mol. The number of ether oxygens (including phenoxy) is 2. The van der Waals surface area contributed by atoms with E-state index in [4.69, 9.17) is 18.8 Å². The van der Waals surface area contributed by atoms with Gasteiger partial charge >= 0.3 is 7.12 Å². The second kappa shape index (κ2) is 8.07. The van der Waals surface area contributed by atoms with Crippen LogP contribution < -0.4 is 4.74 Å². The van der Waals surface area contributed by atoms with Crippen molar-refractivity contribution in [2.45, 2.75) is 52.2 Å². The third-order valence-corrected chi connectivity index (χ3v) is 4.95. The first-order chi connectivity index (χ1) is 12.1. The molecule has 0 N–H and O–H groups in total. The van der Waals surface area contributed by atoms with Crippen molar-refractivity contribution >= 4 is 12.7 Å². The highest BCUT2D eigenvalue weighted by molar-refractivity contribution is 6.55. The standard InChI is InChI=1S/C19H27BF2O4/c1-7-24-11-10-14(13-8-9-16(23-6)15(21)12-13)17(22)20-25-18(2,3)19(4,5)26-20/h8-9,12H,7,10-11H2,1-6H3. The average Bonchev–Trinajstić information content (AvgIpc) is 2.79. The van der Waals surface area contributed by atoms with Gasteiger partial charge in [0, 0.05) is 6.61 Å². The maximum absolute atomic E-state index is 15.3. The minimum absolute atomic E-state index is 0.106. The normalized spacial score (nSPS) is 19.5. The molecule has 1 aliphatic rings. The zero-order valence-electron chi connectivity index (χ0n) is 16.3. The van der Waals surface area contributed by atoms with E-state index in [9.17, 15) is 4.39 Å². The highest BCUT2D eigenvalue weighted by Gasteiger charge is 2.53. The van der Waals surface area contributed by atoms with E-state index in [-0.39, 0.29) is 12.2 Å². The lowest BCUT2D eigenvalue weighted by Crippen LogP contribution is -2.41. The smallest absolute Gasteiger partial charge is 0.494 e. The van der Waals surface area contributed by atoms with E-state index in [1.165, 1.54) is 19.2 Å². The van der Waals surface area contributed by atoms with E-state index < -0.39 is 29.9 Å². The Labute approximate surface area is 154 Å². The van der Waals surface area contributed by atoms with Gasteiger partial charge in [-0.3, -0.25) is 0 Å². The first-order valence-electron chi connectivity index (χ1n) is 8.78. The monoisotopic (exact) mass is 368 g/mol. The molecule has 0 amide bonds. The maximum atomic E-state index is 15.3. The molecule has 0 bridgehead atoms. The van der Waals surface area contributed by atoms with Gasteiger partial charge in [-0.1, -0.05) is 6.07 Å². The molecule has 26 heavy (non-hydrogen) atoms. The molecule has 4 nitrogen and oxygen atoms in total. The van der Waals surface area contributed by atoms with Crippen LogP contribution >= 0.6 is 0 Å². The van der Waals surface area contributed by atoms with Crippen molar-refractivity contribution < 1.29 is 27.6 Å². The molecular formula is C19H27BF2O4. The molecule has 0 saturated carbocycles. The van der Waals surface area contributed by atoms with E-state index in [1.807, 2.05) is 34.6 Å². The fourth-order valence-corrected chi connectivity index (χ4v) is 2.66. The Kier molecular flexibility index (Phi) is 6.48. The van der Waals surface area contributed by atoms with Gasteiger partial charge in [-0.2, -0.15) is 0 Å². The predicted octanol–water partition coefficient (Wildman–Crippen LogP) is 4.57. The molecule has 0 aromatic heterocycles. The summed E-state index contributed by atoms with van der Waals surface area (Å²) < 4.78 is 51.3. The molecule has 0 radical (unpaired) electrons. The van der Waals surface area contributed by atoms with Gasteiger partial charge in [0.15, 0.2) is 11.6 Å². The number of hydrogen-bond acceptors (Lipinski definition) is 4. The molecule has 1 heterocycles. The average molecular weight is 368 g/mol. The summed E-state index contributed by atoms with van der Waals surface area (Å²) in [7, 11) is 0.247. The van der Waals surface area contributed by atoms with Crippen molar-refractivity contribution in [1.82, 2.24) is 0 Å². The largest absolute Gasteiger partial charge is 0.525 e. The molecule has 1 fully saturated rings. The van der Waals surface area contributed by atoms with Crippen LogP contribution in [0.5, 0.6) is 5.75 Å². The summed E-state index contributed by atoms with van der Waals surface area (Å²) in [5, 5.41) is 0. The minimum Gasteiger partial charge on any atom is -0.494 e. The second-order valence-corrected chi connectivity index (χ2v) is 7.21. The van der Waals surface area contributed by atoms with Crippen LogP contribution in [0.1, 0.15) is 46.6 Å². The fourth-order valence-electron chi connectivity index (χ4n) is 2.66. The maximum Gasteiger partial charge on any atom is 0.525 e. The summed E-state index contributed by atoms with van der Waals surface area (Å²) in [5.74, 6) is -0.449. The number of rotatable bonds is 7. The van der Waals surface area contributed by atoms with Crippen molar-refractivity contribution in [2.75, 3.05) is 20.3 Å². The van der Waals surface area contributed by atoms with Gasteiger partial charge in [0.25, 0.3) is 0 Å². The molecule has 0 unspecified atom stereocenters. The minimum atomic E-state index is -1.14. The third kappa shape index (κ3) is 4.27. The first-order valence-corrected chi connectivity index (χ1v) is 8.78. The molecule has 1 aromatic carbocycles. The molecule has 144 valence electrons. The summed E-state index contributed by atoms with van der Waals surface area (Å²) in [5.41, 5.74) is -1.17. The van der Waals surface area contributed by atoms with E-state index in [2.05, 4.69) is 0 Å². The third-order valence-electron chi connectivity index (χ3n) is 4.95. The van der Waals surface area contributed by atoms with Crippen molar-refractivity contribution in [2.24, 2.45) is 0 Å². The molecule has 1 aromatic rings. The highest BCUT2D eigenvalue weighted by atomic mass is 19.1. The molecule has 0 atom stereocenters. The molecule has 7 heteroatoms. The Balaban J connectivity index is 2.40. The first kappa shape index (κ1) is 20.9. The summed E-state index contributed by atoms with van der Waals surface area (Å²) in [4.78, 5) is 0. The summed E-state index contributed by atoms with van der Waals surface area (Å²) in [6, 6.07) is 4.35. The van der Waals surface area contributed by atoms with Gasteiger partial charge in [-0.05, 0) is 64.3 Å². The van der Waals surface area contributed by atoms with Gasteiger partial charge in [0.1, 0.15) is 5.73 Å². The van der Waals surface area contributed by atoms with E-state index in [0.717, 1.165) is 0 Å². The van der Waals surface area contributed by atoms with Crippen LogP contribution in [-0.2, 0) is 14.0 Å². The van der Waals surface area contributed by atoms with Gasteiger partial charge in [0.2, 0.25) is 0 Å². The van der Waals surface area contributed by atoms with Crippen LogP contribution in [-0.4, -0.2) is 38.6 Å². The van der Waals surface area contributed by atoms with Crippen LogP contribution in [0.2, 0.25) is 0 Å².